The van der Waals surface area contributed by atoms with Crippen LogP contribution in [0.1, 0.15) is 17.0 Å². The van der Waals surface area contributed by atoms with E-state index in [0.717, 1.165) is 0 Å². The Morgan fingerprint density at radius 2 is 2.10 bits per heavy atom. The van der Waals surface area contributed by atoms with Crippen LogP contribution < -0.4 is 10.5 Å². The van der Waals surface area contributed by atoms with Gasteiger partial charge in [0.25, 0.3) is 10.0 Å². The van der Waals surface area contributed by atoms with Gasteiger partial charge in [-0.3, -0.25) is 15.2 Å². The Kier molecular flexibility index (Phi) is 3.49. The molecule has 0 unspecified atom stereocenters. The number of hydrogen-bond acceptors (Lipinski definition) is 4. The van der Waals surface area contributed by atoms with Gasteiger partial charge >= 0.3 is 0 Å². The SMILES string of the molecule is Cc1n[nH]c(C)c1S(=O)(=O)Nc1cccc(C(=N)N)c1. The predicted octanol–water partition coefficient (Wildman–Crippen LogP) is 1.11. The van der Waals surface area contributed by atoms with Crippen molar-refractivity contribution in [2.24, 2.45) is 5.73 Å². The molecule has 20 heavy (non-hydrogen) atoms. The number of aryl methyl sites for hydroxylation is 2. The lowest BCUT2D eigenvalue weighted by molar-refractivity contribution is 0.600. The summed E-state index contributed by atoms with van der Waals surface area (Å²) in [4.78, 5) is 0.130. The van der Waals surface area contributed by atoms with E-state index >= 15 is 0 Å². The van der Waals surface area contributed by atoms with Crippen LogP contribution in [0.2, 0.25) is 0 Å². The van der Waals surface area contributed by atoms with Crippen molar-refractivity contribution in [1.82, 2.24) is 10.2 Å². The Labute approximate surface area is 116 Å². The molecule has 1 aromatic heterocycles. The summed E-state index contributed by atoms with van der Waals surface area (Å²) in [5, 5.41) is 13.9. The molecular formula is C12H15N5O2S. The molecule has 0 aliphatic heterocycles. The van der Waals surface area contributed by atoms with E-state index in [2.05, 4.69) is 14.9 Å². The van der Waals surface area contributed by atoms with Crippen molar-refractivity contribution in [3.8, 4) is 0 Å². The Bertz CT molecular complexity index is 744. The zero-order chi connectivity index (χ0) is 14.9. The van der Waals surface area contributed by atoms with Gasteiger partial charge in [0.05, 0.1) is 11.4 Å². The fourth-order valence-electron chi connectivity index (χ4n) is 1.89. The number of nitrogens with zero attached hydrogens (tertiary/aromatic N) is 1. The highest BCUT2D eigenvalue weighted by molar-refractivity contribution is 7.92. The summed E-state index contributed by atoms with van der Waals surface area (Å²) < 4.78 is 27.1. The highest BCUT2D eigenvalue weighted by Gasteiger charge is 2.22. The minimum absolute atomic E-state index is 0.123. The number of aromatic nitrogens is 2. The van der Waals surface area contributed by atoms with Gasteiger partial charge in [-0.15, -0.1) is 0 Å². The molecule has 0 bridgehead atoms. The van der Waals surface area contributed by atoms with E-state index in [4.69, 9.17) is 11.1 Å². The number of anilines is 1. The van der Waals surface area contributed by atoms with Crippen LogP contribution in [0, 0.1) is 19.3 Å². The second kappa shape index (κ2) is 4.97. The lowest BCUT2D eigenvalue weighted by Gasteiger charge is -2.09. The average molecular weight is 293 g/mol. The van der Waals surface area contributed by atoms with Gasteiger partial charge in [-0.25, -0.2) is 8.42 Å². The van der Waals surface area contributed by atoms with Gasteiger partial charge in [0.1, 0.15) is 10.7 Å². The van der Waals surface area contributed by atoms with Crippen LogP contribution in [0.25, 0.3) is 0 Å². The van der Waals surface area contributed by atoms with Gasteiger partial charge in [0.15, 0.2) is 0 Å². The smallest absolute Gasteiger partial charge is 0.265 e. The minimum atomic E-state index is -3.73. The second-order valence-electron chi connectivity index (χ2n) is 4.36. The van der Waals surface area contributed by atoms with E-state index in [-0.39, 0.29) is 10.7 Å². The molecule has 0 atom stereocenters. The fourth-order valence-corrected chi connectivity index (χ4v) is 3.32. The van der Waals surface area contributed by atoms with Crippen molar-refractivity contribution < 1.29 is 8.42 Å². The van der Waals surface area contributed by atoms with Crippen molar-refractivity contribution in [2.75, 3.05) is 4.72 Å². The molecule has 1 aromatic carbocycles. The zero-order valence-electron chi connectivity index (χ0n) is 11.1. The largest absolute Gasteiger partial charge is 0.384 e. The van der Waals surface area contributed by atoms with Crippen molar-refractivity contribution in [3.63, 3.8) is 0 Å². The third-order valence-electron chi connectivity index (χ3n) is 2.76. The van der Waals surface area contributed by atoms with Gasteiger partial charge in [0, 0.05) is 11.3 Å². The van der Waals surface area contributed by atoms with Crippen LogP contribution in [0.3, 0.4) is 0 Å². The summed E-state index contributed by atoms with van der Waals surface area (Å²) in [6.07, 6.45) is 0. The van der Waals surface area contributed by atoms with Gasteiger partial charge in [0.2, 0.25) is 0 Å². The van der Waals surface area contributed by atoms with Crippen LogP contribution in [0.5, 0.6) is 0 Å². The number of nitrogen functional groups attached to an aromatic ring is 1. The molecule has 0 radical (unpaired) electrons. The molecule has 0 aliphatic carbocycles. The zero-order valence-corrected chi connectivity index (χ0v) is 11.9. The van der Waals surface area contributed by atoms with Gasteiger partial charge in [-0.2, -0.15) is 5.10 Å². The molecule has 106 valence electrons. The molecule has 0 saturated heterocycles. The maximum absolute atomic E-state index is 12.3. The lowest BCUT2D eigenvalue weighted by Crippen LogP contribution is -2.16. The Morgan fingerprint density at radius 3 is 2.65 bits per heavy atom. The van der Waals surface area contributed by atoms with E-state index in [1.54, 1.807) is 32.0 Å². The van der Waals surface area contributed by atoms with Gasteiger partial charge in [-0.05, 0) is 26.0 Å². The van der Waals surface area contributed by atoms with Crippen LogP contribution in [0.15, 0.2) is 29.2 Å². The molecule has 8 heteroatoms. The molecule has 0 saturated carbocycles. The maximum Gasteiger partial charge on any atom is 0.265 e. The quantitative estimate of drug-likeness (QED) is 0.497. The summed E-state index contributed by atoms with van der Waals surface area (Å²) >= 11 is 0. The third-order valence-corrected chi connectivity index (χ3v) is 4.40. The Balaban J connectivity index is 2.39. The van der Waals surface area contributed by atoms with Crippen molar-refractivity contribution in [2.45, 2.75) is 18.7 Å². The first-order valence-corrected chi connectivity index (χ1v) is 7.28. The number of nitrogens with one attached hydrogen (secondary N) is 3. The summed E-state index contributed by atoms with van der Waals surface area (Å²) in [6.45, 7) is 3.25. The molecule has 0 fully saturated rings. The molecule has 2 aromatic rings. The number of benzene rings is 1. The number of aromatic amines is 1. The highest BCUT2D eigenvalue weighted by atomic mass is 32.2. The first-order chi connectivity index (χ1) is 9.31. The number of rotatable bonds is 4. The van der Waals surface area contributed by atoms with E-state index in [1.165, 1.54) is 6.07 Å². The molecular weight excluding hydrogens is 278 g/mol. The van der Waals surface area contributed by atoms with Crippen LogP contribution in [0.4, 0.5) is 5.69 Å². The Morgan fingerprint density at radius 1 is 1.40 bits per heavy atom. The summed E-state index contributed by atoms with van der Waals surface area (Å²) in [5.41, 5.74) is 7.05. The monoisotopic (exact) mass is 293 g/mol. The second-order valence-corrected chi connectivity index (χ2v) is 5.98. The third kappa shape index (κ3) is 2.64. The first-order valence-electron chi connectivity index (χ1n) is 5.80. The molecule has 7 nitrogen and oxygen atoms in total. The summed E-state index contributed by atoms with van der Waals surface area (Å²) in [6, 6.07) is 6.36. The average Bonchev–Trinajstić information content (AvgIpc) is 2.69. The standard InChI is InChI=1S/C12H15N5O2S/c1-7-11(8(2)16-15-7)20(18,19)17-10-5-3-4-9(6-10)12(13)14/h3-6,17H,1-2H3,(H3,13,14)(H,15,16). The number of H-pyrrole nitrogens is 1. The normalized spacial score (nSPS) is 11.3. The number of amidine groups is 1. The molecule has 1 heterocycles. The number of hydrogen-bond donors (Lipinski definition) is 4. The predicted molar refractivity (Wildman–Crippen MR) is 76.3 cm³/mol. The van der Waals surface area contributed by atoms with E-state index < -0.39 is 10.0 Å². The van der Waals surface area contributed by atoms with Crippen LogP contribution >= 0.6 is 0 Å². The van der Waals surface area contributed by atoms with Crippen molar-refractivity contribution >= 4 is 21.5 Å². The molecule has 5 N–H and O–H groups in total. The number of nitrogens with two attached hydrogens (primary N) is 1. The lowest BCUT2D eigenvalue weighted by atomic mass is 10.2. The van der Waals surface area contributed by atoms with E-state index in [1.807, 2.05) is 0 Å². The summed E-state index contributed by atoms with van der Waals surface area (Å²) in [5.74, 6) is -0.123. The molecule has 0 spiro atoms. The van der Waals surface area contributed by atoms with Gasteiger partial charge in [-0.1, -0.05) is 12.1 Å². The van der Waals surface area contributed by atoms with Crippen molar-refractivity contribution in [3.05, 3.63) is 41.2 Å². The summed E-state index contributed by atoms with van der Waals surface area (Å²) in [7, 11) is -3.73. The minimum Gasteiger partial charge on any atom is -0.384 e. The number of sulfonamides is 1. The molecule has 0 amide bonds. The van der Waals surface area contributed by atoms with Gasteiger partial charge < -0.3 is 5.73 Å². The molecule has 0 aliphatic rings. The maximum atomic E-state index is 12.3. The van der Waals surface area contributed by atoms with Crippen molar-refractivity contribution in [1.29, 1.82) is 5.41 Å². The fraction of sp³-hybridized carbons (Fsp3) is 0.167. The highest BCUT2D eigenvalue weighted by Crippen LogP contribution is 2.21. The van der Waals surface area contributed by atoms with E-state index in [9.17, 15) is 8.42 Å². The Hall–Kier alpha value is -2.35. The van der Waals surface area contributed by atoms with Crippen LogP contribution in [-0.4, -0.2) is 24.5 Å². The first kappa shape index (κ1) is 14.1. The topological polar surface area (TPSA) is 125 Å². The van der Waals surface area contributed by atoms with Crippen LogP contribution in [-0.2, 0) is 10.0 Å². The molecule has 2 rings (SSSR count). The van der Waals surface area contributed by atoms with E-state index in [0.29, 0.717) is 22.6 Å².